The van der Waals surface area contributed by atoms with Crippen molar-refractivity contribution in [3.63, 3.8) is 0 Å². The van der Waals surface area contributed by atoms with Gasteiger partial charge in [-0.1, -0.05) is 26.7 Å². The summed E-state index contributed by atoms with van der Waals surface area (Å²) in [5.74, 6) is 0. The lowest BCUT2D eigenvalue weighted by molar-refractivity contribution is 0.0691. The second kappa shape index (κ2) is 2.75. The Hall–Kier alpha value is -0.0400. The molecule has 0 aliphatic heterocycles. The van der Waals surface area contributed by atoms with Gasteiger partial charge >= 0.3 is 0 Å². The molecule has 3 saturated carbocycles. The molecule has 0 heterocycles. The first-order valence-corrected chi connectivity index (χ1v) is 6.39. The van der Waals surface area contributed by atoms with Gasteiger partial charge < -0.3 is 5.32 Å². The lowest BCUT2D eigenvalue weighted by Crippen LogP contribution is -2.53. The molecule has 2 atom stereocenters. The fourth-order valence-electron chi connectivity index (χ4n) is 3.63. The molecule has 3 aliphatic rings. The third-order valence-corrected chi connectivity index (χ3v) is 5.19. The number of hydrogen-bond acceptors (Lipinski definition) is 1. The van der Waals surface area contributed by atoms with Crippen LogP contribution in [0.1, 0.15) is 58.8 Å². The molecule has 0 aromatic carbocycles. The zero-order chi connectivity index (χ0) is 9.81. The SMILES string of the molecule is CC1(C)CC1NC1CCC12CCCC2. The standard InChI is InChI=1S/C13H23N/c1-12(2)9-11(12)14-10-5-8-13(10)6-3-4-7-13/h10-11,14H,3-9H2,1-2H3. The van der Waals surface area contributed by atoms with Crippen LogP contribution < -0.4 is 5.32 Å². The summed E-state index contributed by atoms with van der Waals surface area (Å²) in [6, 6.07) is 1.72. The van der Waals surface area contributed by atoms with Crippen molar-refractivity contribution in [3.05, 3.63) is 0 Å². The molecular weight excluding hydrogens is 170 g/mol. The summed E-state index contributed by atoms with van der Waals surface area (Å²) in [4.78, 5) is 0. The van der Waals surface area contributed by atoms with Gasteiger partial charge in [0.1, 0.15) is 0 Å². The molecule has 1 N–H and O–H groups in total. The summed E-state index contributed by atoms with van der Waals surface area (Å²) in [5, 5.41) is 3.91. The van der Waals surface area contributed by atoms with Gasteiger partial charge in [0.05, 0.1) is 0 Å². The van der Waals surface area contributed by atoms with Crippen LogP contribution >= 0.6 is 0 Å². The third-order valence-electron chi connectivity index (χ3n) is 5.19. The van der Waals surface area contributed by atoms with E-state index in [9.17, 15) is 0 Å². The Labute approximate surface area is 87.7 Å². The second-order valence-corrected chi connectivity index (χ2v) is 6.57. The van der Waals surface area contributed by atoms with Crippen molar-refractivity contribution < 1.29 is 0 Å². The van der Waals surface area contributed by atoms with Crippen LogP contribution in [0.5, 0.6) is 0 Å². The van der Waals surface area contributed by atoms with Crippen molar-refractivity contribution >= 4 is 0 Å². The maximum Gasteiger partial charge on any atom is 0.0127 e. The minimum atomic E-state index is 0.607. The minimum Gasteiger partial charge on any atom is -0.310 e. The monoisotopic (exact) mass is 193 g/mol. The Morgan fingerprint density at radius 3 is 2.07 bits per heavy atom. The predicted molar refractivity (Wildman–Crippen MR) is 59.2 cm³/mol. The van der Waals surface area contributed by atoms with Crippen molar-refractivity contribution in [1.82, 2.24) is 5.32 Å². The average molecular weight is 193 g/mol. The van der Waals surface area contributed by atoms with E-state index in [-0.39, 0.29) is 0 Å². The lowest BCUT2D eigenvalue weighted by Gasteiger charge is -2.48. The van der Waals surface area contributed by atoms with Crippen molar-refractivity contribution in [3.8, 4) is 0 Å². The fourth-order valence-corrected chi connectivity index (χ4v) is 3.63. The minimum absolute atomic E-state index is 0.607. The maximum atomic E-state index is 3.91. The maximum absolute atomic E-state index is 3.91. The molecule has 3 fully saturated rings. The normalized spacial score (nSPS) is 42.4. The molecule has 3 rings (SSSR count). The first-order chi connectivity index (χ1) is 6.62. The molecule has 1 heteroatoms. The van der Waals surface area contributed by atoms with Crippen LogP contribution in [0.15, 0.2) is 0 Å². The highest BCUT2D eigenvalue weighted by molar-refractivity contribution is 5.09. The molecule has 80 valence electrons. The van der Waals surface area contributed by atoms with Gasteiger partial charge in [0.2, 0.25) is 0 Å². The van der Waals surface area contributed by atoms with E-state index in [0.717, 1.165) is 17.5 Å². The highest BCUT2D eigenvalue weighted by Crippen LogP contribution is 2.55. The summed E-state index contributed by atoms with van der Waals surface area (Å²) in [6.07, 6.45) is 10.4. The van der Waals surface area contributed by atoms with Crippen LogP contribution in [0, 0.1) is 10.8 Å². The van der Waals surface area contributed by atoms with Gasteiger partial charge in [-0.25, -0.2) is 0 Å². The first kappa shape index (κ1) is 9.21. The largest absolute Gasteiger partial charge is 0.310 e. The molecule has 1 nitrogen and oxygen atoms in total. The molecule has 14 heavy (non-hydrogen) atoms. The molecule has 3 aliphatic carbocycles. The smallest absolute Gasteiger partial charge is 0.0127 e. The fraction of sp³-hybridized carbons (Fsp3) is 1.00. The average Bonchev–Trinajstić information content (AvgIpc) is 2.58. The van der Waals surface area contributed by atoms with Crippen molar-refractivity contribution in [2.45, 2.75) is 70.9 Å². The van der Waals surface area contributed by atoms with Crippen LogP contribution in [0.2, 0.25) is 0 Å². The van der Waals surface area contributed by atoms with E-state index in [0.29, 0.717) is 5.41 Å². The highest BCUT2D eigenvalue weighted by atomic mass is 15.1. The molecule has 0 bridgehead atoms. The van der Waals surface area contributed by atoms with Gasteiger partial charge in [-0.05, 0) is 42.9 Å². The van der Waals surface area contributed by atoms with E-state index in [1.54, 1.807) is 0 Å². The Bertz CT molecular complexity index is 238. The summed E-state index contributed by atoms with van der Waals surface area (Å²) in [5.41, 5.74) is 1.37. The zero-order valence-electron chi connectivity index (χ0n) is 9.60. The number of hydrogen-bond donors (Lipinski definition) is 1. The van der Waals surface area contributed by atoms with E-state index < -0.39 is 0 Å². The van der Waals surface area contributed by atoms with E-state index in [4.69, 9.17) is 0 Å². The summed E-state index contributed by atoms with van der Waals surface area (Å²) in [6.45, 7) is 4.79. The van der Waals surface area contributed by atoms with Gasteiger partial charge in [-0.15, -0.1) is 0 Å². The Morgan fingerprint density at radius 2 is 1.64 bits per heavy atom. The molecule has 0 aromatic heterocycles. The molecular formula is C13H23N. The van der Waals surface area contributed by atoms with Crippen LogP contribution in [0.4, 0.5) is 0 Å². The summed E-state index contributed by atoms with van der Waals surface area (Å²) >= 11 is 0. The molecule has 0 radical (unpaired) electrons. The van der Waals surface area contributed by atoms with E-state index in [1.165, 1.54) is 44.9 Å². The quantitative estimate of drug-likeness (QED) is 0.710. The predicted octanol–water partition coefficient (Wildman–Crippen LogP) is 3.10. The van der Waals surface area contributed by atoms with Crippen molar-refractivity contribution in [1.29, 1.82) is 0 Å². The topological polar surface area (TPSA) is 12.0 Å². The van der Waals surface area contributed by atoms with E-state index in [1.807, 2.05) is 0 Å². The number of nitrogens with one attached hydrogen (secondary N) is 1. The summed E-state index contributed by atoms with van der Waals surface area (Å²) < 4.78 is 0. The third kappa shape index (κ3) is 1.25. The molecule has 0 amide bonds. The zero-order valence-corrected chi connectivity index (χ0v) is 9.60. The van der Waals surface area contributed by atoms with Crippen LogP contribution in [0.25, 0.3) is 0 Å². The second-order valence-electron chi connectivity index (χ2n) is 6.57. The number of rotatable bonds is 2. The van der Waals surface area contributed by atoms with Gasteiger partial charge in [0.15, 0.2) is 0 Å². The van der Waals surface area contributed by atoms with Crippen molar-refractivity contribution in [2.75, 3.05) is 0 Å². The van der Waals surface area contributed by atoms with E-state index in [2.05, 4.69) is 19.2 Å². The first-order valence-electron chi connectivity index (χ1n) is 6.39. The molecule has 0 aromatic rings. The Balaban J connectivity index is 1.59. The van der Waals surface area contributed by atoms with Gasteiger partial charge in [-0.3, -0.25) is 0 Å². The van der Waals surface area contributed by atoms with Gasteiger partial charge in [-0.2, -0.15) is 0 Å². The van der Waals surface area contributed by atoms with Gasteiger partial charge in [0.25, 0.3) is 0 Å². The summed E-state index contributed by atoms with van der Waals surface area (Å²) in [7, 11) is 0. The van der Waals surface area contributed by atoms with Crippen molar-refractivity contribution in [2.24, 2.45) is 10.8 Å². The lowest BCUT2D eigenvalue weighted by atomic mass is 9.63. The van der Waals surface area contributed by atoms with Crippen LogP contribution in [0.3, 0.4) is 0 Å². The molecule has 0 saturated heterocycles. The molecule has 2 unspecified atom stereocenters. The van der Waals surface area contributed by atoms with Crippen LogP contribution in [-0.4, -0.2) is 12.1 Å². The van der Waals surface area contributed by atoms with Crippen LogP contribution in [-0.2, 0) is 0 Å². The Kier molecular flexibility index (Phi) is 1.81. The Morgan fingerprint density at radius 1 is 1.00 bits per heavy atom. The van der Waals surface area contributed by atoms with Gasteiger partial charge in [0, 0.05) is 12.1 Å². The van der Waals surface area contributed by atoms with E-state index >= 15 is 0 Å². The molecule has 1 spiro atoms. The highest BCUT2D eigenvalue weighted by Gasteiger charge is 2.53.